The summed E-state index contributed by atoms with van der Waals surface area (Å²) in [4.78, 5) is 17.5. The van der Waals surface area contributed by atoms with E-state index in [0.29, 0.717) is 26.4 Å². The monoisotopic (exact) mass is 680 g/mol. The molecule has 49 heavy (non-hydrogen) atoms. The lowest BCUT2D eigenvalue weighted by molar-refractivity contribution is -0.00562. The third-order valence-corrected chi connectivity index (χ3v) is 8.81. The summed E-state index contributed by atoms with van der Waals surface area (Å²) in [6, 6.07) is 10.7. The molecule has 1 aliphatic heterocycles. The van der Waals surface area contributed by atoms with Crippen molar-refractivity contribution in [1.82, 2.24) is 39.3 Å². The largest absolute Gasteiger partial charge is 0.379 e. The van der Waals surface area contributed by atoms with E-state index in [0.717, 1.165) is 83.3 Å². The van der Waals surface area contributed by atoms with Crippen molar-refractivity contribution < 1.29 is 18.9 Å². The second kappa shape index (κ2) is 21.4. The summed E-state index contributed by atoms with van der Waals surface area (Å²) in [5.41, 5.74) is 4.31. The Morgan fingerprint density at radius 2 is 1.24 bits per heavy atom. The van der Waals surface area contributed by atoms with Crippen molar-refractivity contribution >= 4 is 0 Å². The molecule has 12 heteroatoms. The zero-order valence-corrected chi connectivity index (χ0v) is 30.7. The molecule has 0 amide bonds. The average molecular weight is 681 g/mol. The number of aromatic nitrogens is 4. The summed E-state index contributed by atoms with van der Waals surface area (Å²) in [5, 5.41) is 4.54. The van der Waals surface area contributed by atoms with Crippen LogP contribution in [0.3, 0.4) is 0 Å². The first kappa shape index (κ1) is 39.0. The Morgan fingerprint density at radius 1 is 0.673 bits per heavy atom. The van der Waals surface area contributed by atoms with Crippen LogP contribution in [0.15, 0.2) is 55.2 Å². The number of rotatable bonds is 5. The van der Waals surface area contributed by atoms with Crippen LogP contribution in [0.4, 0.5) is 0 Å². The smallest absolute Gasteiger partial charge is 0.116 e. The molecule has 0 bridgehead atoms. The Morgan fingerprint density at radius 3 is 1.90 bits per heavy atom. The van der Waals surface area contributed by atoms with Crippen molar-refractivity contribution in [1.29, 1.82) is 0 Å². The van der Waals surface area contributed by atoms with Crippen LogP contribution in [-0.4, -0.2) is 171 Å². The molecule has 0 aliphatic carbocycles. The van der Waals surface area contributed by atoms with Gasteiger partial charge in [-0.15, -0.1) is 0 Å². The number of hydrogen-bond donors (Lipinski definition) is 0. The van der Waals surface area contributed by atoms with Crippen LogP contribution in [0.1, 0.15) is 25.0 Å². The highest BCUT2D eigenvalue weighted by Crippen LogP contribution is 2.16. The molecule has 1 aromatic carbocycles. The van der Waals surface area contributed by atoms with Gasteiger partial charge in [0.1, 0.15) is 6.33 Å². The van der Waals surface area contributed by atoms with Crippen molar-refractivity contribution in [2.24, 2.45) is 0 Å². The van der Waals surface area contributed by atoms with Gasteiger partial charge in [-0.2, -0.15) is 5.10 Å². The van der Waals surface area contributed by atoms with Crippen molar-refractivity contribution in [3.05, 3.63) is 66.4 Å². The van der Waals surface area contributed by atoms with Crippen LogP contribution >= 0.6 is 0 Å². The number of hydrogen-bond acceptors (Lipinski definition) is 11. The Kier molecular flexibility index (Phi) is 17.0. The Balaban J connectivity index is 1.32. The number of ether oxygens (including phenoxy) is 4. The summed E-state index contributed by atoms with van der Waals surface area (Å²) in [6.45, 7) is 15.4. The van der Waals surface area contributed by atoms with Crippen LogP contribution in [0.5, 0.6) is 0 Å². The third kappa shape index (κ3) is 15.3. The highest BCUT2D eigenvalue weighted by molar-refractivity contribution is 5.55. The lowest BCUT2D eigenvalue weighted by atomic mass is 10.1. The van der Waals surface area contributed by atoms with Gasteiger partial charge in [0.05, 0.1) is 69.8 Å². The molecule has 3 heterocycles. The number of nitrogens with zero attached hydrogens (tertiary/aromatic N) is 8. The van der Waals surface area contributed by atoms with Gasteiger partial charge in [0.2, 0.25) is 0 Å². The lowest BCUT2D eigenvalue weighted by Gasteiger charge is -2.27. The third-order valence-electron chi connectivity index (χ3n) is 8.81. The van der Waals surface area contributed by atoms with E-state index >= 15 is 0 Å². The van der Waals surface area contributed by atoms with Crippen LogP contribution in [0.25, 0.3) is 11.3 Å². The minimum Gasteiger partial charge on any atom is -0.379 e. The van der Waals surface area contributed by atoms with Gasteiger partial charge in [-0.25, -0.2) is 9.97 Å². The minimum atomic E-state index is 0.0593. The fourth-order valence-corrected chi connectivity index (χ4v) is 5.90. The van der Waals surface area contributed by atoms with E-state index in [2.05, 4.69) is 101 Å². The van der Waals surface area contributed by atoms with Gasteiger partial charge >= 0.3 is 0 Å². The molecule has 0 saturated carbocycles. The van der Waals surface area contributed by atoms with Gasteiger partial charge < -0.3 is 38.5 Å². The van der Waals surface area contributed by atoms with E-state index in [1.165, 1.54) is 11.1 Å². The highest BCUT2D eigenvalue weighted by Gasteiger charge is 2.16. The summed E-state index contributed by atoms with van der Waals surface area (Å²) in [7, 11) is 8.55. The Labute approximate surface area is 294 Å². The van der Waals surface area contributed by atoms with Crippen molar-refractivity contribution in [3.63, 3.8) is 0 Å². The SMILES string of the molecule is CC1CN(C)CCOCCN(C)CCOC(C)CN(C)CCOC(Cc2ccc(Cn3cc(-c4ccncn4)cn3)cc2)CN(C)CCO1. The maximum atomic E-state index is 6.57. The van der Waals surface area contributed by atoms with Gasteiger partial charge in [0.15, 0.2) is 0 Å². The normalized spacial score (nSPS) is 24.0. The standard InChI is InChI=1S/C37H60N8O4/c1-31-25-42(4)14-19-46-18-13-41(3)15-20-47-32(2)26-43(5)17-22-49-36(29-44(6)16-21-48-31)23-33-7-9-34(10-8-33)27-45-28-35(24-40-45)37-11-12-38-30-39-37/h7-12,24,28,30-32,36H,13-23,25-27,29H2,1-6H3. The van der Waals surface area contributed by atoms with Crippen molar-refractivity contribution in [2.45, 2.75) is 45.1 Å². The minimum absolute atomic E-state index is 0.0593. The molecule has 1 aliphatic rings. The average Bonchev–Trinajstić information content (AvgIpc) is 3.54. The Bertz CT molecular complexity index is 1300. The summed E-state index contributed by atoms with van der Waals surface area (Å²) < 4.78 is 26.7. The van der Waals surface area contributed by atoms with Crippen LogP contribution < -0.4 is 0 Å². The van der Waals surface area contributed by atoms with Gasteiger partial charge in [-0.1, -0.05) is 24.3 Å². The van der Waals surface area contributed by atoms with E-state index in [4.69, 9.17) is 18.9 Å². The summed E-state index contributed by atoms with van der Waals surface area (Å²) in [6.07, 6.45) is 8.38. The van der Waals surface area contributed by atoms with E-state index < -0.39 is 0 Å². The predicted octanol–water partition coefficient (Wildman–Crippen LogP) is 2.88. The quantitative estimate of drug-likeness (QED) is 0.399. The molecule has 12 nitrogen and oxygen atoms in total. The van der Waals surface area contributed by atoms with Crippen LogP contribution in [0.2, 0.25) is 0 Å². The van der Waals surface area contributed by atoms with Gasteiger partial charge in [-0.05, 0) is 65.7 Å². The molecule has 0 N–H and O–H groups in total. The lowest BCUT2D eigenvalue weighted by Crippen LogP contribution is -2.38. The molecule has 3 atom stereocenters. The maximum absolute atomic E-state index is 6.57. The molecule has 1 fully saturated rings. The first-order valence-corrected chi connectivity index (χ1v) is 17.8. The van der Waals surface area contributed by atoms with Crippen LogP contribution in [-0.2, 0) is 31.9 Å². The van der Waals surface area contributed by atoms with Gasteiger partial charge in [0.25, 0.3) is 0 Å². The Hall–Kier alpha value is -2.81. The molecule has 0 radical (unpaired) electrons. The summed E-state index contributed by atoms with van der Waals surface area (Å²) >= 11 is 0. The zero-order chi connectivity index (χ0) is 34.8. The molecule has 4 rings (SSSR count). The second-order valence-electron chi connectivity index (χ2n) is 13.6. The van der Waals surface area contributed by atoms with Crippen molar-refractivity contribution in [2.75, 3.05) is 114 Å². The molecular weight excluding hydrogens is 620 g/mol. The second-order valence-corrected chi connectivity index (χ2v) is 13.6. The topological polar surface area (TPSA) is 93.5 Å². The van der Waals surface area contributed by atoms with E-state index in [9.17, 15) is 0 Å². The number of likely N-dealkylation sites (N-methyl/N-ethyl adjacent to an activating group) is 4. The molecule has 1 saturated heterocycles. The molecular formula is C37H60N8O4. The molecule has 2 aromatic heterocycles. The first-order chi connectivity index (χ1) is 23.7. The molecule has 0 spiro atoms. The van der Waals surface area contributed by atoms with E-state index in [-0.39, 0.29) is 18.3 Å². The fourth-order valence-electron chi connectivity index (χ4n) is 5.90. The van der Waals surface area contributed by atoms with E-state index in [1.54, 1.807) is 12.5 Å². The predicted molar refractivity (Wildman–Crippen MR) is 194 cm³/mol. The number of benzene rings is 1. The summed E-state index contributed by atoms with van der Waals surface area (Å²) in [5.74, 6) is 0. The van der Waals surface area contributed by atoms with Gasteiger partial charge in [-0.3, -0.25) is 4.68 Å². The fraction of sp³-hybridized carbons (Fsp3) is 0.649. The molecule has 3 aromatic rings. The maximum Gasteiger partial charge on any atom is 0.116 e. The van der Waals surface area contributed by atoms with Crippen LogP contribution in [0, 0.1) is 0 Å². The zero-order valence-electron chi connectivity index (χ0n) is 30.7. The van der Waals surface area contributed by atoms with E-state index in [1.807, 2.05) is 23.1 Å². The van der Waals surface area contributed by atoms with Crippen molar-refractivity contribution in [3.8, 4) is 11.3 Å². The first-order valence-electron chi connectivity index (χ1n) is 17.8. The highest BCUT2D eigenvalue weighted by atomic mass is 16.5. The van der Waals surface area contributed by atoms with Gasteiger partial charge in [0, 0.05) is 70.3 Å². The molecule has 3 unspecified atom stereocenters. The molecule has 272 valence electrons.